The molecule has 7 heteroatoms. The quantitative estimate of drug-likeness (QED) is 0.880. The van der Waals surface area contributed by atoms with Gasteiger partial charge in [-0.05, 0) is 20.3 Å². The second-order valence-electron chi connectivity index (χ2n) is 5.33. The first-order valence-corrected chi connectivity index (χ1v) is 7.39. The van der Waals surface area contributed by atoms with Crippen LogP contribution in [0.1, 0.15) is 45.5 Å². The molecule has 7 nitrogen and oxygen atoms in total. The topological polar surface area (TPSA) is 87.8 Å². The normalized spacial score (nSPS) is 13.0. The minimum Gasteiger partial charge on any atom is -0.324 e. The Kier molecular flexibility index (Phi) is 4.32. The van der Waals surface area contributed by atoms with Gasteiger partial charge in [0.05, 0.1) is 6.04 Å². The number of nitrogens with zero attached hydrogens (tertiary/aromatic N) is 4. The third-order valence-electron chi connectivity index (χ3n) is 3.74. The van der Waals surface area contributed by atoms with Gasteiger partial charge in [0, 0.05) is 20.1 Å². The van der Waals surface area contributed by atoms with E-state index in [1.54, 1.807) is 23.1 Å². The molecule has 2 heterocycles. The molecule has 0 bridgehead atoms. The van der Waals surface area contributed by atoms with Gasteiger partial charge in [-0.3, -0.25) is 13.9 Å². The number of fused-ring (bicyclic) bond motifs is 1. The van der Waals surface area contributed by atoms with E-state index in [1.165, 1.54) is 4.57 Å². The Morgan fingerprint density at radius 2 is 1.90 bits per heavy atom. The molecule has 0 aliphatic rings. The number of aromatic nitrogens is 4. The third-order valence-corrected chi connectivity index (χ3v) is 3.74. The fourth-order valence-corrected chi connectivity index (χ4v) is 2.58. The summed E-state index contributed by atoms with van der Waals surface area (Å²) >= 11 is 0. The van der Waals surface area contributed by atoms with Crippen molar-refractivity contribution in [2.24, 2.45) is 12.8 Å². The van der Waals surface area contributed by atoms with Gasteiger partial charge in [-0.2, -0.15) is 0 Å². The van der Waals surface area contributed by atoms with Crippen LogP contribution in [0, 0.1) is 0 Å². The number of nitrogens with two attached hydrogens (primary N) is 1. The third kappa shape index (κ3) is 2.42. The van der Waals surface area contributed by atoms with Crippen molar-refractivity contribution in [3.63, 3.8) is 0 Å². The molecule has 0 aliphatic heterocycles. The molecule has 0 saturated heterocycles. The van der Waals surface area contributed by atoms with Crippen molar-refractivity contribution < 1.29 is 0 Å². The van der Waals surface area contributed by atoms with E-state index in [0.29, 0.717) is 30.1 Å². The van der Waals surface area contributed by atoms with Crippen molar-refractivity contribution in [2.75, 3.05) is 0 Å². The van der Waals surface area contributed by atoms with Gasteiger partial charge in [-0.25, -0.2) is 9.78 Å². The van der Waals surface area contributed by atoms with E-state index in [1.807, 2.05) is 6.92 Å². The van der Waals surface area contributed by atoms with Gasteiger partial charge in [0.25, 0.3) is 5.56 Å². The highest BCUT2D eigenvalue weighted by Crippen LogP contribution is 2.15. The highest BCUT2D eigenvalue weighted by atomic mass is 16.2. The summed E-state index contributed by atoms with van der Waals surface area (Å²) in [5.74, 6) is 0.612. The summed E-state index contributed by atoms with van der Waals surface area (Å²) < 4.78 is 4.55. The molecule has 2 N–H and O–H groups in total. The van der Waals surface area contributed by atoms with E-state index in [9.17, 15) is 9.59 Å². The van der Waals surface area contributed by atoms with E-state index < -0.39 is 0 Å². The van der Waals surface area contributed by atoms with Crippen molar-refractivity contribution in [3.05, 3.63) is 26.7 Å². The van der Waals surface area contributed by atoms with Crippen LogP contribution in [-0.2, 0) is 20.1 Å². The molecule has 0 radical (unpaired) electrons. The van der Waals surface area contributed by atoms with Gasteiger partial charge in [0.1, 0.15) is 5.82 Å². The first kappa shape index (κ1) is 15.5. The van der Waals surface area contributed by atoms with Crippen LogP contribution in [0.25, 0.3) is 11.2 Å². The second kappa shape index (κ2) is 5.85. The Balaban J connectivity index is 2.90. The molecule has 21 heavy (non-hydrogen) atoms. The summed E-state index contributed by atoms with van der Waals surface area (Å²) in [5.41, 5.74) is 6.20. The van der Waals surface area contributed by atoms with Crippen LogP contribution in [0.4, 0.5) is 0 Å². The van der Waals surface area contributed by atoms with Crippen LogP contribution in [0.5, 0.6) is 0 Å². The molecule has 116 valence electrons. The largest absolute Gasteiger partial charge is 0.332 e. The van der Waals surface area contributed by atoms with Crippen molar-refractivity contribution in [1.29, 1.82) is 0 Å². The minimum absolute atomic E-state index is 0.294. The van der Waals surface area contributed by atoms with Crippen LogP contribution in [0.2, 0.25) is 0 Å². The fraction of sp³-hybridized carbons (Fsp3) is 0.643. The standard InChI is InChI=1S/C14H23N5O2/c1-5-7-8-19-12-10(13(20)18(6-2)14(19)21)17(4)11(16-12)9(3)15/h9H,5-8,15H2,1-4H3. The summed E-state index contributed by atoms with van der Waals surface area (Å²) in [4.78, 5) is 29.4. The van der Waals surface area contributed by atoms with E-state index in [2.05, 4.69) is 11.9 Å². The Labute approximate surface area is 123 Å². The van der Waals surface area contributed by atoms with Gasteiger partial charge >= 0.3 is 5.69 Å². The summed E-state index contributed by atoms with van der Waals surface area (Å²) in [6.07, 6.45) is 1.83. The summed E-state index contributed by atoms with van der Waals surface area (Å²) in [6, 6.07) is -0.299. The molecule has 0 aliphatic carbocycles. The Morgan fingerprint density at radius 3 is 2.43 bits per heavy atom. The summed E-state index contributed by atoms with van der Waals surface area (Å²) in [6.45, 7) is 6.57. The number of unbranched alkanes of at least 4 members (excludes halogenated alkanes) is 1. The zero-order chi connectivity index (χ0) is 15.7. The maximum atomic E-state index is 12.5. The zero-order valence-electron chi connectivity index (χ0n) is 13.1. The molecule has 0 spiro atoms. The van der Waals surface area contributed by atoms with Gasteiger partial charge in [-0.1, -0.05) is 13.3 Å². The highest BCUT2D eigenvalue weighted by molar-refractivity contribution is 5.71. The lowest BCUT2D eigenvalue weighted by atomic mass is 10.3. The average Bonchev–Trinajstić information content (AvgIpc) is 2.77. The number of rotatable bonds is 5. The molecular formula is C14H23N5O2. The highest BCUT2D eigenvalue weighted by Gasteiger charge is 2.20. The SMILES string of the molecule is CCCCn1c(=O)n(CC)c(=O)c2c1nc(C(C)N)n2C. The van der Waals surface area contributed by atoms with E-state index in [-0.39, 0.29) is 17.3 Å². The molecule has 0 aromatic carbocycles. The van der Waals surface area contributed by atoms with E-state index in [0.717, 1.165) is 12.8 Å². The van der Waals surface area contributed by atoms with Crippen LogP contribution in [-0.4, -0.2) is 18.7 Å². The number of imidazole rings is 1. The molecule has 1 unspecified atom stereocenters. The number of hydrogen-bond acceptors (Lipinski definition) is 4. The monoisotopic (exact) mass is 293 g/mol. The molecule has 0 amide bonds. The minimum atomic E-state index is -0.299. The van der Waals surface area contributed by atoms with Crippen LogP contribution in [0.3, 0.4) is 0 Å². The van der Waals surface area contributed by atoms with Gasteiger partial charge in [-0.15, -0.1) is 0 Å². The Morgan fingerprint density at radius 1 is 1.24 bits per heavy atom. The first-order chi connectivity index (χ1) is 9.93. The summed E-state index contributed by atoms with van der Waals surface area (Å²) in [5, 5.41) is 0. The van der Waals surface area contributed by atoms with Crippen molar-refractivity contribution in [1.82, 2.24) is 18.7 Å². The van der Waals surface area contributed by atoms with Crippen LogP contribution in [0.15, 0.2) is 9.59 Å². The van der Waals surface area contributed by atoms with Crippen molar-refractivity contribution >= 4 is 11.2 Å². The fourth-order valence-electron chi connectivity index (χ4n) is 2.58. The lowest BCUT2D eigenvalue weighted by Crippen LogP contribution is -2.40. The summed E-state index contributed by atoms with van der Waals surface area (Å²) in [7, 11) is 1.77. The predicted molar refractivity (Wildman–Crippen MR) is 82.4 cm³/mol. The Bertz CT molecular complexity index is 766. The van der Waals surface area contributed by atoms with E-state index >= 15 is 0 Å². The van der Waals surface area contributed by atoms with Crippen molar-refractivity contribution in [2.45, 2.75) is 52.7 Å². The molecule has 2 aromatic heterocycles. The lowest BCUT2D eigenvalue weighted by Gasteiger charge is -2.10. The maximum Gasteiger partial charge on any atom is 0.332 e. The number of aryl methyl sites for hydroxylation is 2. The smallest absolute Gasteiger partial charge is 0.324 e. The lowest BCUT2D eigenvalue weighted by molar-refractivity contribution is 0.561. The maximum absolute atomic E-state index is 12.5. The van der Waals surface area contributed by atoms with Gasteiger partial charge in [0.15, 0.2) is 11.2 Å². The van der Waals surface area contributed by atoms with Gasteiger partial charge < -0.3 is 10.3 Å². The second-order valence-corrected chi connectivity index (χ2v) is 5.33. The molecule has 0 saturated carbocycles. The predicted octanol–water partition coefficient (Wildman–Crippen LogP) is 0.736. The zero-order valence-corrected chi connectivity index (χ0v) is 13.1. The molecular weight excluding hydrogens is 270 g/mol. The number of hydrogen-bond donors (Lipinski definition) is 1. The van der Waals surface area contributed by atoms with Gasteiger partial charge in [0.2, 0.25) is 0 Å². The first-order valence-electron chi connectivity index (χ1n) is 7.39. The van der Waals surface area contributed by atoms with Crippen LogP contribution < -0.4 is 17.0 Å². The Hall–Kier alpha value is -1.89. The molecule has 2 rings (SSSR count). The van der Waals surface area contributed by atoms with Crippen molar-refractivity contribution in [3.8, 4) is 0 Å². The molecule has 1 atom stereocenters. The van der Waals surface area contributed by atoms with Crippen LogP contribution >= 0.6 is 0 Å². The average molecular weight is 293 g/mol. The molecule has 2 aromatic rings. The molecule has 0 fully saturated rings. The van der Waals surface area contributed by atoms with E-state index in [4.69, 9.17) is 5.73 Å².